The molecule has 0 spiro atoms. The third-order valence-corrected chi connectivity index (χ3v) is 4.31. The second-order valence-corrected chi connectivity index (χ2v) is 5.93. The quantitative estimate of drug-likeness (QED) is 0.761. The molecule has 0 amide bonds. The summed E-state index contributed by atoms with van der Waals surface area (Å²) in [6, 6.07) is 10.9. The monoisotopic (exact) mass is 331 g/mol. The molecule has 116 valence electrons. The van der Waals surface area contributed by atoms with Gasteiger partial charge in [0.05, 0.1) is 16.6 Å². The van der Waals surface area contributed by atoms with Gasteiger partial charge in [0.2, 0.25) is 0 Å². The van der Waals surface area contributed by atoms with Crippen molar-refractivity contribution in [3.05, 3.63) is 64.7 Å². The average molecular weight is 331 g/mol. The van der Waals surface area contributed by atoms with E-state index in [2.05, 4.69) is 4.98 Å². The van der Waals surface area contributed by atoms with Gasteiger partial charge < -0.3 is 5.11 Å². The van der Waals surface area contributed by atoms with Crippen molar-refractivity contribution >= 4 is 39.2 Å². The summed E-state index contributed by atoms with van der Waals surface area (Å²) in [4.78, 5) is 15.5. The lowest BCUT2D eigenvalue weighted by Gasteiger charge is -2.02. The summed E-state index contributed by atoms with van der Waals surface area (Å²) in [6.45, 7) is 0. The van der Waals surface area contributed by atoms with E-state index in [1.54, 1.807) is 0 Å². The van der Waals surface area contributed by atoms with Crippen LogP contribution in [0.4, 0.5) is 8.78 Å². The lowest BCUT2D eigenvalue weighted by atomic mass is 10.1. The molecule has 2 aromatic carbocycles. The van der Waals surface area contributed by atoms with Crippen molar-refractivity contribution in [2.45, 2.75) is 6.42 Å². The fourth-order valence-corrected chi connectivity index (χ4v) is 3.14. The van der Waals surface area contributed by atoms with Crippen LogP contribution in [-0.4, -0.2) is 16.1 Å². The van der Waals surface area contributed by atoms with E-state index in [4.69, 9.17) is 5.11 Å². The van der Waals surface area contributed by atoms with E-state index in [0.717, 1.165) is 22.3 Å². The standard InChI is InChI=1S/C17H11F2NO2S/c18-12-6-5-10(8-13(12)19)7-11(9-16(21)22)17-20-14-3-1-2-4-15(14)23-17/h1-8H,9H2,(H,21,22)/b11-7-. The van der Waals surface area contributed by atoms with Gasteiger partial charge in [-0.15, -0.1) is 11.3 Å². The van der Waals surface area contributed by atoms with Crippen LogP contribution in [0.3, 0.4) is 0 Å². The molecule has 3 nitrogen and oxygen atoms in total. The Morgan fingerprint density at radius 1 is 1.17 bits per heavy atom. The van der Waals surface area contributed by atoms with Crippen LogP contribution in [0.15, 0.2) is 42.5 Å². The van der Waals surface area contributed by atoms with Gasteiger partial charge in [-0.1, -0.05) is 18.2 Å². The highest BCUT2D eigenvalue weighted by Crippen LogP contribution is 2.30. The highest BCUT2D eigenvalue weighted by Gasteiger charge is 2.13. The fraction of sp³-hybridized carbons (Fsp3) is 0.0588. The number of hydrogen-bond acceptors (Lipinski definition) is 3. The van der Waals surface area contributed by atoms with Crippen LogP contribution < -0.4 is 0 Å². The van der Waals surface area contributed by atoms with E-state index >= 15 is 0 Å². The predicted octanol–water partition coefficient (Wildman–Crippen LogP) is 4.59. The van der Waals surface area contributed by atoms with Crippen LogP contribution in [0, 0.1) is 11.6 Å². The molecule has 0 aliphatic carbocycles. The van der Waals surface area contributed by atoms with Gasteiger partial charge in [0, 0.05) is 0 Å². The number of halogens is 2. The van der Waals surface area contributed by atoms with E-state index in [0.29, 0.717) is 16.1 Å². The number of thiazole rings is 1. The molecule has 0 radical (unpaired) electrons. The van der Waals surface area contributed by atoms with Crippen molar-refractivity contribution in [3.8, 4) is 0 Å². The molecule has 0 unspecified atom stereocenters. The molecule has 3 aromatic rings. The molecule has 1 heterocycles. The third-order valence-electron chi connectivity index (χ3n) is 3.19. The van der Waals surface area contributed by atoms with Crippen molar-refractivity contribution in [1.29, 1.82) is 0 Å². The number of fused-ring (bicyclic) bond motifs is 1. The first kappa shape index (κ1) is 15.3. The summed E-state index contributed by atoms with van der Waals surface area (Å²) in [7, 11) is 0. The summed E-state index contributed by atoms with van der Waals surface area (Å²) in [6.07, 6.45) is 1.27. The third kappa shape index (κ3) is 3.43. The molecule has 0 saturated carbocycles. The van der Waals surface area contributed by atoms with E-state index in [1.807, 2.05) is 24.3 Å². The lowest BCUT2D eigenvalue weighted by Crippen LogP contribution is -1.97. The Bertz CT molecular complexity index is 885. The lowest BCUT2D eigenvalue weighted by molar-refractivity contribution is -0.135. The summed E-state index contributed by atoms with van der Waals surface area (Å²) in [5.41, 5.74) is 1.61. The zero-order valence-electron chi connectivity index (χ0n) is 11.8. The minimum atomic E-state index is -1.02. The number of hydrogen-bond donors (Lipinski definition) is 1. The Balaban J connectivity index is 2.07. The molecule has 0 fully saturated rings. The number of para-hydroxylation sites is 1. The highest BCUT2D eigenvalue weighted by atomic mass is 32.1. The topological polar surface area (TPSA) is 50.2 Å². The van der Waals surface area contributed by atoms with Gasteiger partial charge >= 0.3 is 5.97 Å². The average Bonchev–Trinajstić information content (AvgIpc) is 2.94. The zero-order valence-corrected chi connectivity index (χ0v) is 12.6. The first-order valence-electron chi connectivity index (χ1n) is 6.76. The van der Waals surface area contributed by atoms with Gasteiger partial charge in [0.25, 0.3) is 0 Å². The van der Waals surface area contributed by atoms with Crippen LogP contribution in [-0.2, 0) is 4.79 Å². The Kier molecular flexibility index (Phi) is 4.16. The summed E-state index contributed by atoms with van der Waals surface area (Å²) in [5, 5.41) is 9.65. The molecule has 0 bridgehead atoms. The fourth-order valence-electron chi connectivity index (χ4n) is 2.16. The Morgan fingerprint density at radius 2 is 1.96 bits per heavy atom. The van der Waals surface area contributed by atoms with Crippen molar-refractivity contribution < 1.29 is 18.7 Å². The van der Waals surface area contributed by atoms with Gasteiger partial charge in [0.15, 0.2) is 11.6 Å². The van der Waals surface area contributed by atoms with Crippen molar-refractivity contribution in [3.63, 3.8) is 0 Å². The number of rotatable bonds is 4. The van der Waals surface area contributed by atoms with E-state index in [9.17, 15) is 13.6 Å². The molecule has 3 rings (SSSR count). The number of carboxylic acids is 1. The molecule has 6 heteroatoms. The van der Waals surface area contributed by atoms with E-state index < -0.39 is 17.6 Å². The summed E-state index contributed by atoms with van der Waals surface area (Å²) in [5.74, 6) is -2.93. The number of aromatic nitrogens is 1. The number of nitrogens with zero attached hydrogens (tertiary/aromatic N) is 1. The Morgan fingerprint density at radius 3 is 2.65 bits per heavy atom. The molecule has 1 N–H and O–H groups in total. The van der Waals surface area contributed by atoms with Crippen LogP contribution in [0.5, 0.6) is 0 Å². The van der Waals surface area contributed by atoms with Gasteiger partial charge in [-0.2, -0.15) is 0 Å². The molecule has 1 aromatic heterocycles. The normalized spacial score (nSPS) is 11.8. The molecule has 0 atom stereocenters. The van der Waals surface area contributed by atoms with E-state index in [1.165, 1.54) is 23.5 Å². The molecular weight excluding hydrogens is 320 g/mol. The summed E-state index contributed by atoms with van der Waals surface area (Å²) < 4.78 is 27.3. The Hall–Kier alpha value is -2.60. The second kappa shape index (κ2) is 6.26. The number of benzene rings is 2. The molecule has 0 aliphatic rings. The maximum Gasteiger partial charge on any atom is 0.307 e. The molecule has 0 aliphatic heterocycles. The molecule has 23 heavy (non-hydrogen) atoms. The second-order valence-electron chi connectivity index (χ2n) is 4.90. The number of aliphatic carboxylic acids is 1. The molecule has 0 saturated heterocycles. The maximum absolute atomic E-state index is 13.3. The number of carboxylic acid groups (broad SMARTS) is 1. The smallest absolute Gasteiger partial charge is 0.307 e. The van der Waals surface area contributed by atoms with Gasteiger partial charge in [0.1, 0.15) is 5.01 Å². The minimum absolute atomic E-state index is 0.251. The van der Waals surface area contributed by atoms with Gasteiger partial charge in [-0.05, 0) is 41.5 Å². The van der Waals surface area contributed by atoms with Crippen molar-refractivity contribution in [1.82, 2.24) is 4.98 Å². The SMILES string of the molecule is O=C(O)C/C(=C/c1ccc(F)c(F)c1)c1nc2ccccc2s1. The Labute approximate surface area is 134 Å². The van der Waals surface area contributed by atoms with Crippen LogP contribution in [0.1, 0.15) is 17.0 Å². The zero-order chi connectivity index (χ0) is 16.4. The van der Waals surface area contributed by atoms with Crippen LogP contribution >= 0.6 is 11.3 Å². The first-order chi connectivity index (χ1) is 11.0. The highest BCUT2D eigenvalue weighted by molar-refractivity contribution is 7.19. The first-order valence-corrected chi connectivity index (χ1v) is 7.58. The van der Waals surface area contributed by atoms with Crippen LogP contribution in [0.25, 0.3) is 21.9 Å². The van der Waals surface area contributed by atoms with Crippen molar-refractivity contribution in [2.24, 2.45) is 0 Å². The minimum Gasteiger partial charge on any atom is -0.481 e. The van der Waals surface area contributed by atoms with Gasteiger partial charge in [-0.3, -0.25) is 4.79 Å². The molecular formula is C17H11F2NO2S. The van der Waals surface area contributed by atoms with E-state index in [-0.39, 0.29) is 6.42 Å². The van der Waals surface area contributed by atoms with Gasteiger partial charge in [-0.25, -0.2) is 13.8 Å². The van der Waals surface area contributed by atoms with Crippen LogP contribution in [0.2, 0.25) is 0 Å². The maximum atomic E-state index is 13.3. The summed E-state index contributed by atoms with van der Waals surface area (Å²) >= 11 is 1.36. The number of carbonyl (C=O) groups is 1. The largest absolute Gasteiger partial charge is 0.481 e. The van der Waals surface area contributed by atoms with Crippen molar-refractivity contribution in [2.75, 3.05) is 0 Å². The predicted molar refractivity (Wildman–Crippen MR) is 86.1 cm³/mol.